The number of benzene rings is 1. The molecule has 1 saturated heterocycles. The molecule has 0 aliphatic carbocycles. The normalized spacial score (nSPS) is 18.4. The first kappa shape index (κ1) is 26.6. The van der Waals surface area contributed by atoms with E-state index in [0.717, 1.165) is 36.5 Å². The molecular formula is C22H35ClN4O4S. The molecule has 0 aromatic heterocycles. The Hall–Kier alpha value is -1.68. The first-order valence-corrected chi connectivity index (χ1v) is 12.9. The maximum absolute atomic E-state index is 12.5. The minimum absolute atomic E-state index is 0.0596. The highest BCUT2D eigenvalue weighted by atomic mass is 35.5. The monoisotopic (exact) mass is 486 g/mol. The van der Waals surface area contributed by atoms with Crippen LogP contribution in [0.1, 0.15) is 46.0 Å². The van der Waals surface area contributed by atoms with Crippen LogP contribution in [0, 0.1) is 5.92 Å². The maximum atomic E-state index is 12.5. The summed E-state index contributed by atoms with van der Waals surface area (Å²) in [6.07, 6.45) is 3.99. The van der Waals surface area contributed by atoms with Crippen molar-refractivity contribution >= 4 is 39.1 Å². The molecule has 1 aliphatic heterocycles. The second kappa shape index (κ2) is 12.0. The maximum Gasteiger partial charge on any atom is 0.242 e. The number of piperidine rings is 1. The number of carbonyl (C=O) groups excluding carboxylic acids is 2. The minimum Gasteiger partial charge on any atom is -0.353 e. The predicted molar refractivity (Wildman–Crippen MR) is 127 cm³/mol. The van der Waals surface area contributed by atoms with Gasteiger partial charge in [-0.3, -0.25) is 9.59 Å². The van der Waals surface area contributed by atoms with E-state index in [9.17, 15) is 18.0 Å². The number of nitrogens with one attached hydrogen (secondary N) is 2. The van der Waals surface area contributed by atoms with E-state index in [1.54, 1.807) is 0 Å². The quantitative estimate of drug-likeness (QED) is 0.529. The van der Waals surface area contributed by atoms with Crippen LogP contribution in [0.25, 0.3) is 0 Å². The van der Waals surface area contributed by atoms with E-state index in [-0.39, 0.29) is 45.8 Å². The highest BCUT2D eigenvalue weighted by molar-refractivity contribution is 7.89. The van der Waals surface area contributed by atoms with Crippen LogP contribution < -0.4 is 10.6 Å². The van der Waals surface area contributed by atoms with Crippen molar-refractivity contribution in [1.29, 1.82) is 0 Å². The summed E-state index contributed by atoms with van der Waals surface area (Å²) in [6.45, 7) is 6.12. The van der Waals surface area contributed by atoms with Crippen LogP contribution in [-0.4, -0.2) is 69.2 Å². The largest absolute Gasteiger partial charge is 0.353 e. The summed E-state index contributed by atoms with van der Waals surface area (Å²) >= 11 is 6.16. The minimum atomic E-state index is -3.63. The molecule has 2 unspecified atom stereocenters. The van der Waals surface area contributed by atoms with E-state index in [2.05, 4.69) is 22.5 Å². The van der Waals surface area contributed by atoms with Crippen molar-refractivity contribution in [2.75, 3.05) is 39.0 Å². The zero-order valence-corrected chi connectivity index (χ0v) is 20.9. The first-order valence-electron chi connectivity index (χ1n) is 11.1. The van der Waals surface area contributed by atoms with Gasteiger partial charge in [0.25, 0.3) is 0 Å². The molecule has 8 nitrogen and oxygen atoms in total. The summed E-state index contributed by atoms with van der Waals surface area (Å²) in [5.74, 6) is -0.228. The zero-order valence-electron chi connectivity index (χ0n) is 19.4. The second-order valence-corrected chi connectivity index (χ2v) is 11.1. The third kappa shape index (κ3) is 7.43. The Kier molecular flexibility index (Phi) is 9.94. The van der Waals surface area contributed by atoms with E-state index in [1.807, 2.05) is 6.92 Å². The third-order valence-corrected chi connectivity index (χ3v) is 7.77. The van der Waals surface area contributed by atoms with Crippen LogP contribution in [0.4, 0.5) is 5.69 Å². The van der Waals surface area contributed by atoms with E-state index >= 15 is 0 Å². The molecule has 2 atom stereocenters. The topological polar surface area (TPSA) is 98.8 Å². The highest BCUT2D eigenvalue weighted by Gasteiger charge is 2.26. The lowest BCUT2D eigenvalue weighted by atomic mass is 9.96. The van der Waals surface area contributed by atoms with Gasteiger partial charge in [-0.05, 0) is 50.9 Å². The Morgan fingerprint density at radius 1 is 1.31 bits per heavy atom. The summed E-state index contributed by atoms with van der Waals surface area (Å²) in [5.41, 5.74) is 0.264. The number of likely N-dealkylation sites (tertiary alicyclic amines) is 1. The number of nitrogens with zero attached hydrogens (tertiary/aromatic N) is 2. The molecule has 10 heteroatoms. The predicted octanol–water partition coefficient (Wildman–Crippen LogP) is 2.94. The van der Waals surface area contributed by atoms with Gasteiger partial charge in [-0.1, -0.05) is 24.9 Å². The SMILES string of the molecule is CCCC(C)NC(=O)C1CCCN(CCC(=O)Nc2cc(S(=O)(=O)N(C)C)ccc2Cl)C1. The number of hydrogen-bond donors (Lipinski definition) is 2. The van der Waals surface area contributed by atoms with Crippen molar-refractivity contribution in [2.45, 2.75) is 56.9 Å². The van der Waals surface area contributed by atoms with Gasteiger partial charge in [-0.15, -0.1) is 0 Å². The van der Waals surface area contributed by atoms with Gasteiger partial charge in [-0.2, -0.15) is 0 Å². The number of anilines is 1. The molecule has 1 fully saturated rings. The Labute approximate surface area is 196 Å². The molecule has 32 heavy (non-hydrogen) atoms. The smallest absolute Gasteiger partial charge is 0.242 e. The van der Waals surface area contributed by atoms with Crippen molar-refractivity contribution in [3.8, 4) is 0 Å². The van der Waals surface area contributed by atoms with Crippen molar-refractivity contribution in [3.05, 3.63) is 23.2 Å². The number of halogens is 1. The van der Waals surface area contributed by atoms with Crippen LogP contribution in [0.15, 0.2) is 23.1 Å². The Morgan fingerprint density at radius 3 is 2.69 bits per heavy atom. The molecule has 1 aliphatic rings. The lowest BCUT2D eigenvalue weighted by Crippen LogP contribution is -2.45. The van der Waals surface area contributed by atoms with E-state index < -0.39 is 10.0 Å². The van der Waals surface area contributed by atoms with Gasteiger partial charge in [0.15, 0.2) is 0 Å². The summed E-state index contributed by atoms with van der Waals surface area (Å²) in [4.78, 5) is 27.2. The van der Waals surface area contributed by atoms with E-state index in [4.69, 9.17) is 11.6 Å². The lowest BCUT2D eigenvalue weighted by molar-refractivity contribution is -0.127. The van der Waals surface area contributed by atoms with Gasteiger partial charge in [0, 0.05) is 39.6 Å². The van der Waals surface area contributed by atoms with Gasteiger partial charge < -0.3 is 15.5 Å². The van der Waals surface area contributed by atoms with Crippen LogP contribution in [0.3, 0.4) is 0 Å². The number of rotatable bonds is 10. The summed E-state index contributed by atoms with van der Waals surface area (Å²) in [5, 5.41) is 6.07. The summed E-state index contributed by atoms with van der Waals surface area (Å²) in [6, 6.07) is 4.41. The van der Waals surface area contributed by atoms with E-state index in [1.165, 1.54) is 32.3 Å². The van der Waals surface area contributed by atoms with Gasteiger partial charge in [0.05, 0.1) is 21.5 Å². The molecule has 0 bridgehead atoms. The molecule has 0 radical (unpaired) electrons. The first-order chi connectivity index (χ1) is 15.0. The van der Waals surface area contributed by atoms with Gasteiger partial charge in [0.2, 0.25) is 21.8 Å². The summed E-state index contributed by atoms with van der Waals surface area (Å²) in [7, 11) is -0.744. The van der Waals surface area contributed by atoms with E-state index in [0.29, 0.717) is 13.1 Å². The number of amides is 2. The molecule has 2 amide bonds. The van der Waals surface area contributed by atoms with Gasteiger partial charge in [-0.25, -0.2) is 12.7 Å². The standard InChI is InChI=1S/C22H35ClN4O4S/c1-5-7-16(2)24-22(29)17-8-6-12-27(15-17)13-11-21(28)25-20-14-18(9-10-19(20)23)32(30,31)26(3)4/h9-10,14,16-17H,5-8,11-13,15H2,1-4H3,(H,24,29)(H,25,28). The fourth-order valence-electron chi connectivity index (χ4n) is 3.78. The zero-order chi connectivity index (χ0) is 23.9. The lowest BCUT2D eigenvalue weighted by Gasteiger charge is -2.32. The third-order valence-electron chi connectivity index (χ3n) is 5.63. The van der Waals surface area contributed by atoms with Crippen molar-refractivity contribution in [3.63, 3.8) is 0 Å². The molecule has 0 saturated carbocycles. The van der Waals surface area contributed by atoms with Gasteiger partial charge in [0.1, 0.15) is 0 Å². The molecule has 2 N–H and O–H groups in total. The second-order valence-electron chi connectivity index (χ2n) is 8.57. The fourth-order valence-corrected chi connectivity index (χ4v) is 4.88. The van der Waals surface area contributed by atoms with Crippen LogP contribution >= 0.6 is 11.6 Å². The average molecular weight is 487 g/mol. The molecule has 2 rings (SSSR count). The Bertz CT molecular complexity index is 907. The highest BCUT2D eigenvalue weighted by Crippen LogP contribution is 2.26. The summed E-state index contributed by atoms with van der Waals surface area (Å²) < 4.78 is 25.8. The van der Waals surface area contributed by atoms with Crippen molar-refractivity contribution in [1.82, 2.24) is 14.5 Å². The molecule has 0 spiro atoms. The molecule has 1 aromatic carbocycles. The fraction of sp³-hybridized carbons (Fsp3) is 0.636. The van der Waals surface area contributed by atoms with Gasteiger partial charge >= 0.3 is 0 Å². The Balaban J connectivity index is 1.91. The Morgan fingerprint density at radius 2 is 2.03 bits per heavy atom. The average Bonchev–Trinajstić information content (AvgIpc) is 2.74. The number of sulfonamides is 1. The van der Waals surface area contributed by atoms with Crippen LogP contribution in [0.2, 0.25) is 5.02 Å². The number of hydrogen-bond acceptors (Lipinski definition) is 5. The molecular weight excluding hydrogens is 452 g/mol. The molecule has 180 valence electrons. The van der Waals surface area contributed by atoms with Crippen molar-refractivity contribution < 1.29 is 18.0 Å². The van der Waals surface area contributed by atoms with Crippen LogP contribution in [0.5, 0.6) is 0 Å². The van der Waals surface area contributed by atoms with Crippen molar-refractivity contribution in [2.24, 2.45) is 5.92 Å². The van der Waals surface area contributed by atoms with Crippen LogP contribution in [-0.2, 0) is 19.6 Å². The molecule has 1 aromatic rings. The number of carbonyl (C=O) groups is 2. The molecule has 1 heterocycles.